The minimum Gasteiger partial charge on any atom is -0.353 e. The number of amides is 1. The molecule has 24 heavy (non-hydrogen) atoms. The normalized spacial score (nSPS) is 17.1. The molecule has 1 aromatic heterocycles. The summed E-state index contributed by atoms with van der Waals surface area (Å²) in [7, 11) is 5.21. The van der Waals surface area contributed by atoms with Crippen molar-refractivity contribution in [1.29, 1.82) is 0 Å². The number of likely N-dealkylation sites (N-methyl/N-ethyl adjacent to an activating group) is 1. The Morgan fingerprint density at radius 1 is 1.50 bits per heavy atom. The van der Waals surface area contributed by atoms with Crippen molar-refractivity contribution < 1.29 is 4.79 Å². The number of nitrogens with zero attached hydrogens (tertiary/aromatic N) is 4. The Balaban J connectivity index is 0.00000288. The van der Waals surface area contributed by atoms with Gasteiger partial charge >= 0.3 is 0 Å². The number of fused-ring (bicyclic) bond motifs is 1. The maximum absolute atomic E-state index is 11.7. The lowest BCUT2D eigenvalue weighted by molar-refractivity contribution is -0.127. The summed E-state index contributed by atoms with van der Waals surface area (Å²) < 4.78 is 2.04. The molecule has 1 heterocycles. The quantitative estimate of drug-likeness (QED) is 0.413. The van der Waals surface area contributed by atoms with Crippen LogP contribution in [0.3, 0.4) is 0 Å². The average Bonchev–Trinajstić information content (AvgIpc) is 2.94. The summed E-state index contributed by atoms with van der Waals surface area (Å²) in [5.74, 6) is 0.687. The predicted molar refractivity (Wildman–Crippen MR) is 107 cm³/mol. The van der Waals surface area contributed by atoms with Crippen LogP contribution in [0.5, 0.6) is 0 Å². The molecule has 0 radical (unpaired) electrons. The van der Waals surface area contributed by atoms with Crippen LogP contribution in [0.1, 0.15) is 37.6 Å². The minimum atomic E-state index is 0. The number of aryl methyl sites for hydroxylation is 1. The number of carbonyl (C=O) groups excluding carboxylic acids is 1. The van der Waals surface area contributed by atoms with Crippen LogP contribution in [-0.4, -0.2) is 60.3 Å². The first-order chi connectivity index (χ1) is 10.9. The number of hydrogen-bond acceptors (Lipinski definition) is 3. The van der Waals surface area contributed by atoms with Gasteiger partial charge in [-0.3, -0.25) is 14.5 Å². The minimum absolute atomic E-state index is 0. The van der Waals surface area contributed by atoms with Gasteiger partial charge in [-0.1, -0.05) is 0 Å². The predicted octanol–water partition coefficient (Wildman–Crippen LogP) is 1.19. The summed E-state index contributed by atoms with van der Waals surface area (Å²) in [6, 6.07) is 0.678. The Hall–Kier alpha value is -1.32. The highest BCUT2D eigenvalue weighted by Gasteiger charge is 2.23. The van der Waals surface area contributed by atoms with Crippen LogP contribution in [0, 0.1) is 0 Å². The molecule has 0 bridgehead atoms. The van der Waals surface area contributed by atoms with Crippen molar-refractivity contribution in [2.75, 3.05) is 27.7 Å². The first-order valence-electron chi connectivity index (χ1n) is 8.15. The van der Waals surface area contributed by atoms with Crippen molar-refractivity contribution in [3.63, 3.8) is 0 Å². The van der Waals surface area contributed by atoms with Crippen LogP contribution >= 0.6 is 24.0 Å². The molecule has 0 aliphatic heterocycles. The van der Waals surface area contributed by atoms with Gasteiger partial charge in [-0.15, -0.1) is 24.0 Å². The number of halogens is 1. The highest BCUT2D eigenvalue weighted by molar-refractivity contribution is 14.0. The molecule has 0 saturated carbocycles. The Kier molecular flexibility index (Phi) is 7.98. The van der Waals surface area contributed by atoms with E-state index in [0.717, 1.165) is 19.3 Å². The molecule has 0 aromatic carbocycles. The van der Waals surface area contributed by atoms with Crippen LogP contribution in [0.2, 0.25) is 0 Å². The Morgan fingerprint density at radius 3 is 2.79 bits per heavy atom. The largest absolute Gasteiger partial charge is 0.353 e. The van der Waals surface area contributed by atoms with Gasteiger partial charge in [0, 0.05) is 45.8 Å². The zero-order valence-corrected chi connectivity index (χ0v) is 17.5. The summed E-state index contributed by atoms with van der Waals surface area (Å²) in [5, 5.41) is 11.2. The first-order valence-corrected chi connectivity index (χ1v) is 8.15. The number of guanidine groups is 1. The molecule has 1 amide bonds. The molecule has 7 nitrogen and oxygen atoms in total. The lowest BCUT2D eigenvalue weighted by Gasteiger charge is -2.24. The number of aromatic nitrogens is 2. The molecule has 1 aliphatic rings. The lowest BCUT2D eigenvalue weighted by Crippen LogP contribution is -2.48. The maximum Gasteiger partial charge on any atom is 0.241 e. The van der Waals surface area contributed by atoms with E-state index in [4.69, 9.17) is 0 Å². The van der Waals surface area contributed by atoms with Gasteiger partial charge in [-0.25, -0.2) is 0 Å². The molecule has 2 N–H and O–H groups in total. The summed E-state index contributed by atoms with van der Waals surface area (Å²) in [5.41, 5.74) is 2.52. The molecule has 0 saturated heterocycles. The smallest absolute Gasteiger partial charge is 0.241 e. The van der Waals surface area contributed by atoms with Crippen LogP contribution in [0.4, 0.5) is 0 Å². The van der Waals surface area contributed by atoms with Crippen LogP contribution in [0.25, 0.3) is 0 Å². The Morgan fingerprint density at radius 2 is 2.21 bits per heavy atom. The van der Waals surface area contributed by atoms with Gasteiger partial charge in [-0.2, -0.15) is 5.10 Å². The van der Waals surface area contributed by atoms with E-state index in [1.165, 1.54) is 11.3 Å². The highest BCUT2D eigenvalue weighted by Crippen LogP contribution is 2.21. The lowest BCUT2D eigenvalue weighted by atomic mass is 9.94. The molecule has 0 spiro atoms. The van der Waals surface area contributed by atoms with Crippen molar-refractivity contribution in [2.45, 2.75) is 45.2 Å². The molecule has 8 heteroatoms. The third-order valence-electron chi connectivity index (χ3n) is 4.10. The van der Waals surface area contributed by atoms with Gasteiger partial charge in [0.2, 0.25) is 5.91 Å². The zero-order chi connectivity index (χ0) is 17.0. The first kappa shape index (κ1) is 20.7. The molecule has 136 valence electrons. The maximum atomic E-state index is 11.7. The fourth-order valence-corrected chi connectivity index (χ4v) is 2.61. The van der Waals surface area contributed by atoms with E-state index in [0.29, 0.717) is 18.0 Å². The third-order valence-corrected chi connectivity index (χ3v) is 4.10. The summed E-state index contributed by atoms with van der Waals surface area (Å²) in [6.07, 6.45) is 5.11. The van der Waals surface area contributed by atoms with Crippen molar-refractivity contribution in [1.82, 2.24) is 25.3 Å². The molecule has 1 unspecified atom stereocenters. The molecule has 0 fully saturated rings. The monoisotopic (exact) mass is 448 g/mol. The van der Waals surface area contributed by atoms with E-state index in [1.54, 1.807) is 26.0 Å². The summed E-state index contributed by atoms with van der Waals surface area (Å²) in [4.78, 5) is 17.4. The van der Waals surface area contributed by atoms with E-state index in [1.807, 2.05) is 4.68 Å². The highest BCUT2D eigenvalue weighted by atomic mass is 127. The average molecular weight is 448 g/mol. The number of rotatable bonds is 4. The van der Waals surface area contributed by atoms with Gasteiger partial charge in [0.25, 0.3) is 0 Å². The summed E-state index contributed by atoms with van der Waals surface area (Å²) >= 11 is 0. The zero-order valence-electron chi connectivity index (χ0n) is 15.2. The molecule has 1 aliphatic carbocycles. The van der Waals surface area contributed by atoms with Crippen molar-refractivity contribution >= 4 is 35.8 Å². The molecular formula is C16H29IN6O. The SMILES string of the molecule is CN=C(NCC(=O)N(C)C)NC1CCc2cn(C(C)C)nc2C1.I. The number of aliphatic imine (C=N–C) groups is 1. The van der Waals surface area contributed by atoms with E-state index in [-0.39, 0.29) is 36.4 Å². The van der Waals surface area contributed by atoms with Crippen molar-refractivity contribution in [3.05, 3.63) is 17.5 Å². The standard InChI is InChI=1S/C16H28N6O.HI/c1-11(2)22-10-12-6-7-13(8-14(12)20-22)19-16(17-3)18-9-15(23)21(4)5;/h10-11,13H,6-9H2,1-5H3,(H2,17,18,19);1H. The van der Waals surface area contributed by atoms with Crippen LogP contribution in [0.15, 0.2) is 11.2 Å². The molecule has 1 atom stereocenters. The van der Waals surface area contributed by atoms with E-state index in [9.17, 15) is 4.79 Å². The van der Waals surface area contributed by atoms with Gasteiger partial charge < -0.3 is 15.5 Å². The third kappa shape index (κ3) is 5.35. The number of carbonyl (C=O) groups is 1. The second kappa shape index (κ2) is 9.24. The van der Waals surface area contributed by atoms with Gasteiger partial charge in [0.15, 0.2) is 5.96 Å². The Bertz CT molecular complexity index is 581. The fraction of sp³-hybridized carbons (Fsp3) is 0.688. The molecular weight excluding hydrogens is 419 g/mol. The number of nitrogens with one attached hydrogen (secondary N) is 2. The van der Waals surface area contributed by atoms with Crippen molar-refractivity contribution in [2.24, 2.45) is 4.99 Å². The van der Waals surface area contributed by atoms with E-state index in [2.05, 4.69) is 40.8 Å². The Labute approximate surface area is 161 Å². The fourth-order valence-electron chi connectivity index (χ4n) is 2.61. The second-order valence-corrected chi connectivity index (χ2v) is 6.47. The van der Waals surface area contributed by atoms with Gasteiger partial charge in [0.1, 0.15) is 0 Å². The summed E-state index contributed by atoms with van der Waals surface area (Å²) in [6.45, 7) is 4.52. The van der Waals surface area contributed by atoms with Crippen LogP contribution < -0.4 is 10.6 Å². The van der Waals surface area contributed by atoms with E-state index >= 15 is 0 Å². The van der Waals surface area contributed by atoms with Gasteiger partial charge in [0.05, 0.1) is 12.2 Å². The second-order valence-electron chi connectivity index (χ2n) is 6.47. The van der Waals surface area contributed by atoms with Crippen LogP contribution in [-0.2, 0) is 17.6 Å². The topological polar surface area (TPSA) is 74.6 Å². The molecule has 1 aromatic rings. The van der Waals surface area contributed by atoms with E-state index < -0.39 is 0 Å². The molecule has 2 rings (SSSR count). The van der Waals surface area contributed by atoms with Crippen molar-refractivity contribution in [3.8, 4) is 0 Å². The number of hydrogen-bond donors (Lipinski definition) is 2. The van der Waals surface area contributed by atoms with Gasteiger partial charge in [-0.05, 0) is 32.3 Å².